The van der Waals surface area contributed by atoms with Crippen LogP contribution in [0.2, 0.25) is 0 Å². The maximum absolute atomic E-state index is 12.8. The van der Waals surface area contributed by atoms with Crippen LogP contribution in [0.3, 0.4) is 0 Å². The summed E-state index contributed by atoms with van der Waals surface area (Å²) in [7, 11) is 0. The van der Waals surface area contributed by atoms with Crippen LogP contribution in [-0.2, 0) is 0 Å². The van der Waals surface area contributed by atoms with Crippen molar-refractivity contribution >= 4 is 24.1 Å². The zero-order valence-corrected chi connectivity index (χ0v) is 15.1. The maximum Gasteiger partial charge on any atom is 0.254 e. The molecule has 1 aliphatic heterocycles. The number of H-pyrrole nitrogens is 1. The minimum Gasteiger partial charge on any atom is -0.367 e. The third-order valence-electron chi connectivity index (χ3n) is 4.45. The molecule has 2 heterocycles. The molecular formula is C19H24ClN3O2. The van der Waals surface area contributed by atoms with Crippen LogP contribution in [0.15, 0.2) is 42.7 Å². The van der Waals surface area contributed by atoms with Crippen molar-refractivity contribution in [3.63, 3.8) is 0 Å². The molecule has 0 aliphatic carbocycles. The van der Waals surface area contributed by atoms with E-state index in [-0.39, 0.29) is 30.1 Å². The highest BCUT2D eigenvalue weighted by Crippen LogP contribution is 2.16. The average molecular weight is 362 g/mol. The van der Waals surface area contributed by atoms with Gasteiger partial charge in [-0.15, -0.1) is 12.4 Å². The SMILES string of the molecule is CCCN(C(=O)c1ccc(C(=O)c2cc[nH]c2)cc1)C1CCNC1.Cl. The molecule has 1 aromatic carbocycles. The predicted molar refractivity (Wildman–Crippen MR) is 101 cm³/mol. The molecule has 1 amide bonds. The van der Waals surface area contributed by atoms with Gasteiger partial charge in [0.15, 0.2) is 5.78 Å². The van der Waals surface area contributed by atoms with E-state index < -0.39 is 0 Å². The van der Waals surface area contributed by atoms with Crippen molar-refractivity contribution in [2.75, 3.05) is 19.6 Å². The molecule has 1 fully saturated rings. The lowest BCUT2D eigenvalue weighted by Crippen LogP contribution is -2.42. The molecule has 25 heavy (non-hydrogen) atoms. The summed E-state index contributed by atoms with van der Waals surface area (Å²) in [5.74, 6) is 0.00634. The minimum atomic E-state index is -0.0411. The molecule has 3 rings (SSSR count). The molecule has 1 aromatic heterocycles. The van der Waals surface area contributed by atoms with Gasteiger partial charge in [0.2, 0.25) is 0 Å². The van der Waals surface area contributed by atoms with Gasteiger partial charge in [-0.1, -0.05) is 19.1 Å². The van der Waals surface area contributed by atoms with Crippen molar-refractivity contribution in [2.24, 2.45) is 0 Å². The summed E-state index contributed by atoms with van der Waals surface area (Å²) >= 11 is 0. The first-order valence-corrected chi connectivity index (χ1v) is 8.50. The van der Waals surface area contributed by atoms with Gasteiger partial charge in [-0.25, -0.2) is 0 Å². The van der Waals surface area contributed by atoms with Crippen molar-refractivity contribution in [3.05, 3.63) is 59.4 Å². The molecule has 0 radical (unpaired) electrons. The van der Waals surface area contributed by atoms with E-state index in [0.717, 1.165) is 32.5 Å². The fourth-order valence-corrected chi connectivity index (χ4v) is 3.16. The molecule has 6 heteroatoms. The van der Waals surface area contributed by atoms with Crippen molar-refractivity contribution in [1.82, 2.24) is 15.2 Å². The molecule has 0 bridgehead atoms. The largest absolute Gasteiger partial charge is 0.367 e. The molecule has 1 saturated heterocycles. The molecule has 0 spiro atoms. The molecule has 1 unspecified atom stereocenters. The number of nitrogens with one attached hydrogen (secondary N) is 2. The normalized spacial score (nSPS) is 16.3. The van der Waals surface area contributed by atoms with Crippen molar-refractivity contribution in [1.29, 1.82) is 0 Å². The van der Waals surface area contributed by atoms with Crippen LogP contribution in [0.25, 0.3) is 0 Å². The van der Waals surface area contributed by atoms with E-state index >= 15 is 0 Å². The lowest BCUT2D eigenvalue weighted by atomic mass is 10.0. The number of nitrogens with zero attached hydrogens (tertiary/aromatic N) is 1. The van der Waals surface area contributed by atoms with E-state index in [9.17, 15) is 9.59 Å². The number of carbonyl (C=O) groups is 2. The fourth-order valence-electron chi connectivity index (χ4n) is 3.16. The summed E-state index contributed by atoms with van der Waals surface area (Å²) in [6.07, 6.45) is 5.34. The van der Waals surface area contributed by atoms with E-state index in [1.54, 1.807) is 42.7 Å². The Balaban J connectivity index is 0.00000225. The van der Waals surface area contributed by atoms with Gasteiger partial charge in [0.05, 0.1) is 0 Å². The lowest BCUT2D eigenvalue weighted by Gasteiger charge is -2.28. The van der Waals surface area contributed by atoms with E-state index in [0.29, 0.717) is 16.7 Å². The summed E-state index contributed by atoms with van der Waals surface area (Å²) in [6, 6.07) is 9.00. The molecule has 1 atom stereocenters. The first-order chi connectivity index (χ1) is 11.7. The van der Waals surface area contributed by atoms with E-state index in [1.165, 1.54) is 0 Å². The summed E-state index contributed by atoms with van der Waals surface area (Å²) in [4.78, 5) is 30.0. The Morgan fingerprint density at radius 1 is 1.12 bits per heavy atom. The Labute approximate surface area is 154 Å². The summed E-state index contributed by atoms with van der Waals surface area (Å²) < 4.78 is 0. The first kappa shape index (κ1) is 19.2. The van der Waals surface area contributed by atoms with Crippen LogP contribution < -0.4 is 5.32 Å². The second-order valence-corrected chi connectivity index (χ2v) is 6.15. The summed E-state index contributed by atoms with van der Waals surface area (Å²) in [5.41, 5.74) is 1.86. The number of rotatable bonds is 6. The van der Waals surface area contributed by atoms with E-state index in [4.69, 9.17) is 0 Å². The van der Waals surface area contributed by atoms with Gasteiger partial charge < -0.3 is 15.2 Å². The first-order valence-electron chi connectivity index (χ1n) is 8.50. The summed E-state index contributed by atoms with van der Waals surface area (Å²) in [6.45, 7) is 4.66. The molecule has 0 saturated carbocycles. The molecule has 2 aromatic rings. The molecule has 2 N–H and O–H groups in total. The number of aromatic nitrogens is 1. The number of amides is 1. The Morgan fingerprint density at radius 3 is 2.40 bits per heavy atom. The lowest BCUT2D eigenvalue weighted by molar-refractivity contribution is 0.0692. The molecular weight excluding hydrogens is 338 g/mol. The van der Waals surface area contributed by atoms with Gasteiger partial charge in [0.1, 0.15) is 0 Å². The number of hydrogen-bond acceptors (Lipinski definition) is 3. The van der Waals surface area contributed by atoms with Crippen LogP contribution >= 0.6 is 12.4 Å². The highest BCUT2D eigenvalue weighted by molar-refractivity contribution is 6.09. The van der Waals surface area contributed by atoms with E-state index in [2.05, 4.69) is 17.2 Å². The van der Waals surface area contributed by atoms with Crippen LogP contribution in [0.4, 0.5) is 0 Å². The number of benzene rings is 1. The standard InChI is InChI=1S/C19H23N3O2.ClH/c1-2-11-22(17-8-10-21-13-17)19(24)15-5-3-14(4-6-15)18(23)16-7-9-20-12-16;/h3-7,9,12,17,20-21H,2,8,10-11,13H2,1H3;1H. The highest BCUT2D eigenvalue weighted by atomic mass is 35.5. The molecule has 134 valence electrons. The van der Waals surface area contributed by atoms with Gasteiger partial charge >= 0.3 is 0 Å². The topological polar surface area (TPSA) is 65.2 Å². The van der Waals surface area contributed by atoms with Gasteiger partial charge in [-0.3, -0.25) is 9.59 Å². The second-order valence-electron chi connectivity index (χ2n) is 6.15. The van der Waals surface area contributed by atoms with Crippen molar-refractivity contribution in [3.8, 4) is 0 Å². The minimum absolute atomic E-state index is 0. The quantitative estimate of drug-likeness (QED) is 0.777. The zero-order chi connectivity index (χ0) is 16.9. The number of halogens is 1. The van der Waals surface area contributed by atoms with Crippen LogP contribution in [0.5, 0.6) is 0 Å². The average Bonchev–Trinajstić information content (AvgIpc) is 3.32. The third-order valence-corrected chi connectivity index (χ3v) is 4.45. The molecule has 1 aliphatic rings. The smallest absolute Gasteiger partial charge is 0.254 e. The Morgan fingerprint density at radius 2 is 1.84 bits per heavy atom. The molecule has 5 nitrogen and oxygen atoms in total. The van der Waals surface area contributed by atoms with Gasteiger partial charge in [0, 0.05) is 48.2 Å². The zero-order valence-electron chi connectivity index (χ0n) is 14.3. The number of hydrogen-bond donors (Lipinski definition) is 2. The number of aromatic amines is 1. The van der Waals surface area contributed by atoms with E-state index in [1.807, 2.05) is 4.90 Å². The third kappa shape index (κ3) is 4.30. The van der Waals surface area contributed by atoms with Gasteiger partial charge in [0.25, 0.3) is 5.91 Å². The highest BCUT2D eigenvalue weighted by Gasteiger charge is 2.26. The summed E-state index contributed by atoms with van der Waals surface area (Å²) in [5, 5.41) is 3.32. The van der Waals surface area contributed by atoms with Crippen LogP contribution in [0, 0.1) is 0 Å². The number of ketones is 1. The van der Waals surface area contributed by atoms with Crippen LogP contribution in [-0.4, -0.2) is 47.3 Å². The monoisotopic (exact) mass is 361 g/mol. The van der Waals surface area contributed by atoms with Crippen molar-refractivity contribution < 1.29 is 9.59 Å². The Kier molecular flexibility index (Phi) is 6.79. The van der Waals surface area contributed by atoms with Gasteiger partial charge in [-0.2, -0.15) is 0 Å². The maximum atomic E-state index is 12.8. The van der Waals surface area contributed by atoms with Crippen molar-refractivity contribution in [2.45, 2.75) is 25.8 Å². The van der Waals surface area contributed by atoms with Crippen LogP contribution in [0.1, 0.15) is 46.0 Å². The second kappa shape index (κ2) is 8.83. The number of carbonyl (C=O) groups excluding carboxylic acids is 2. The Bertz CT molecular complexity index is 692. The predicted octanol–water partition coefficient (Wildman–Crippen LogP) is 2.88. The van der Waals surface area contributed by atoms with Gasteiger partial charge in [-0.05, 0) is 37.6 Å². The Hall–Kier alpha value is -2.11. The fraction of sp³-hybridized carbons (Fsp3) is 0.368.